The zero-order valence-electron chi connectivity index (χ0n) is 17.2. The van der Waals surface area contributed by atoms with Crippen LogP contribution in [-0.4, -0.2) is 27.5 Å². The molecule has 3 aromatic rings. The highest BCUT2D eigenvalue weighted by Crippen LogP contribution is 2.32. The van der Waals surface area contributed by atoms with Crippen LogP contribution in [0.15, 0.2) is 71.6 Å². The number of benzene rings is 3. The predicted molar refractivity (Wildman–Crippen MR) is 117 cm³/mol. The first kappa shape index (κ1) is 21.6. The number of ether oxygens (including phenoxy) is 2. The van der Waals surface area contributed by atoms with E-state index in [1.807, 2.05) is 0 Å². The molecule has 1 amide bonds. The topological polar surface area (TPSA) is 93.7 Å². The third-order valence-electron chi connectivity index (χ3n) is 4.92. The fourth-order valence-electron chi connectivity index (χ4n) is 3.24. The number of hydrogen-bond donors (Lipinski definition) is 2. The van der Waals surface area contributed by atoms with Crippen LogP contribution in [0.3, 0.4) is 0 Å². The maximum absolute atomic E-state index is 13.1. The van der Waals surface area contributed by atoms with Gasteiger partial charge in [-0.05, 0) is 55.0 Å². The van der Waals surface area contributed by atoms with Gasteiger partial charge in [0.2, 0.25) is 0 Å². The second kappa shape index (κ2) is 8.88. The summed E-state index contributed by atoms with van der Waals surface area (Å²) >= 11 is 0. The zero-order chi connectivity index (χ0) is 22.7. The Morgan fingerprint density at radius 3 is 2.44 bits per heavy atom. The molecule has 0 bridgehead atoms. The van der Waals surface area contributed by atoms with Crippen molar-refractivity contribution in [3.63, 3.8) is 0 Å². The largest absolute Gasteiger partial charge is 0.486 e. The maximum Gasteiger partial charge on any atom is 0.262 e. The first-order valence-electron chi connectivity index (χ1n) is 9.91. The molecule has 166 valence electrons. The van der Waals surface area contributed by atoms with Crippen molar-refractivity contribution in [1.29, 1.82) is 0 Å². The molecule has 2 N–H and O–H groups in total. The van der Waals surface area contributed by atoms with Gasteiger partial charge < -0.3 is 14.8 Å². The van der Waals surface area contributed by atoms with Gasteiger partial charge in [-0.3, -0.25) is 9.52 Å². The van der Waals surface area contributed by atoms with Crippen LogP contribution in [-0.2, 0) is 10.0 Å². The smallest absolute Gasteiger partial charge is 0.262 e. The Bertz CT molecular complexity index is 1250. The lowest BCUT2D eigenvalue weighted by Gasteiger charge is -2.19. The van der Waals surface area contributed by atoms with E-state index in [1.54, 1.807) is 43.3 Å². The van der Waals surface area contributed by atoms with Crippen molar-refractivity contribution in [3.8, 4) is 11.5 Å². The minimum absolute atomic E-state index is 0.0153. The van der Waals surface area contributed by atoms with Gasteiger partial charge in [0.25, 0.3) is 15.9 Å². The number of carbonyl (C=O) groups excluding carboxylic acids is 1. The Kier molecular flexibility index (Phi) is 6.00. The number of fused-ring (bicyclic) bond motifs is 1. The van der Waals surface area contributed by atoms with Crippen LogP contribution in [0.25, 0.3) is 0 Å². The molecule has 0 aliphatic carbocycles. The molecule has 0 saturated heterocycles. The van der Waals surface area contributed by atoms with Crippen molar-refractivity contribution in [2.24, 2.45) is 0 Å². The minimum atomic E-state index is -3.91. The normalized spacial score (nSPS) is 13.8. The van der Waals surface area contributed by atoms with Crippen LogP contribution in [0.4, 0.5) is 10.1 Å². The van der Waals surface area contributed by atoms with Crippen molar-refractivity contribution in [3.05, 3.63) is 83.7 Å². The van der Waals surface area contributed by atoms with Gasteiger partial charge in [0.05, 0.1) is 10.9 Å². The summed E-state index contributed by atoms with van der Waals surface area (Å²) in [5, 5.41) is 2.82. The lowest BCUT2D eigenvalue weighted by molar-refractivity contribution is 0.0940. The third-order valence-corrected chi connectivity index (χ3v) is 6.30. The van der Waals surface area contributed by atoms with Gasteiger partial charge in [0.1, 0.15) is 19.0 Å². The summed E-state index contributed by atoms with van der Waals surface area (Å²) < 4.78 is 52.1. The second-order valence-corrected chi connectivity index (χ2v) is 8.92. The number of nitrogens with one attached hydrogen (secondary N) is 2. The molecule has 3 aromatic carbocycles. The van der Waals surface area contributed by atoms with Crippen LogP contribution in [0, 0.1) is 5.82 Å². The van der Waals surface area contributed by atoms with E-state index in [0.717, 1.165) is 5.56 Å². The molecule has 32 heavy (non-hydrogen) atoms. The molecule has 1 heterocycles. The number of sulfonamides is 1. The first-order chi connectivity index (χ1) is 15.3. The fraction of sp³-hybridized carbons (Fsp3) is 0.174. The van der Waals surface area contributed by atoms with Crippen LogP contribution < -0.4 is 19.5 Å². The summed E-state index contributed by atoms with van der Waals surface area (Å²) in [6.07, 6.45) is 0. The van der Waals surface area contributed by atoms with E-state index in [4.69, 9.17) is 9.47 Å². The molecular formula is C23H21FN2O5S. The number of anilines is 1. The molecule has 0 spiro atoms. The number of hydrogen-bond acceptors (Lipinski definition) is 5. The van der Waals surface area contributed by atoms with Gasteiger partial charge in [0, 0.05) is 17.3 Å². The monoisotopic (exact) mass is 456 g/mol. The molecule has 1 aliphatic rings. The molecule has 4 rings (SSSR count). The zero-order valence-corrected chi connectivity index (χ0v) is 18.0. The van der Waals surface area contributed by atoms with Gasteiger partial charge in [-0.25, -0.2) is 12.8 Å². The number of halogens is 1. The van der Waals surface area contributed by atoms with Crippen LogP contribution >= 0.6 is 0 Å². The van der Waals surface area contributed by atoms with Crippen molar-refractivity contribution >= 4 is 21.6 Å². The lowest BCUT2D eigenvalue weighted by Crippen LogP contribution is -2.26. The minimum Gasteiger partial charge on any atom is -0.486 e. The molecule has 0 saturated carbocycles. The summed E-state index contributed by atoms with van der Waals surface area (Å²) in [6, 6.07) is 16.0. The van der Waals surface area contributed by atoms with E-state index >= 15 is 0 Å². The van der Waals surface area contributed by atoms with E-state index in [9.17, 15) is 17.6 Å². The second-order valence-electron chi connectivity index (χ2n) is 7.24. The maximum atomic E-state index is 13.1. The average Bonchev–Trinajstić information content (AvgIpc) is 2.79. The Labute approximate surface area is 185 Å². The molecule has 1 atom stereocenters. The van der Waals surface area contributed by atoms with Crippen molar-refractivity contribution in [1.82, 2.24) is 5.32 Å². The number of amides is 1. The molecule has 9 heteroatoms. The highest BCUT2D eigenvalue weighted by atomic mass is 32.2. The fourth-order valence-corrected chi connectivity index (χ4v) is 4.31. The van der Waals surface area contributed by atoms with E-state index < -0.39 is 10.0 Å². The van der Waals surface area contributed by atoms with Gasteiger partial charge in [-0.15, -0.1) is 0 Å². The summed E-state index contributed by atoms with van der Waals surface area (Å²) in [5.74, 6) is 0.110. The van der Waals surface area contributed by atoms with E-state index in [1.165, 1.54) is 30.3 Å². The average molecular weight is 456 g/mol. The van der Waals surface area contributed by atoms with Crippen LogP contribution in [0.1, 0.15) is 28.9 Å². The van der Waals surface area contributed by atoms with E-state index in [-0.39, 0.29) is 33.9 Å². The Morgan fingerprint density at radius 2 is 1.69 bits per heavy atom. The van der Waals surface area contributed by atoms with Crippen molar-refractivity contribution in [2.75, 3.05) is 17.9 Å². The number of carbonyl (C=O) groups is 1. The Morgan fingerprint density at radius 1 is 0.969 bits per heavy atom. The van der Waals surface area contributed by atoms with Crippen molar-refractivity contribution in [2.45, 2.75) is 17.9 Å². The van der Waals surface area contributed by atoms with Crippen molar-refractivity contribution < 1.29 is 27.1 Å². The third kappa shape index (κ3) is 4.83. The quantitative estimate of drug-likeness (QED) is 0.587. The summed E-state index contributed by atoms with van der Waals surface area (Å²) in [7, 11) is -3.91. The van der Waals surface area contributed by atoms with Crippen LogP contribution in [0.2, 0.25) is 0 Å². The highest BCUT2D eigenvalue weighted by molar-refractivity contribution is 7.92. The Balaban J connectivity index is 1.48. The predicted octanol–water partition coefficient (Wildman–Crippen LogP) is 3.89. The van der Waals surface area contributed by atoms with Gasteiger partial charge in [0.15, 0.2) is 11.5 Å². The van der Waals surface area contributed by atoms with Gasteiger partial charge in [-0.1, -0.05) is 18.2 Å². The van der Waals surface area contributed by atoms with E-state index in [2.05, 4.69) is 10.0 Å². The molecule has 0 aromatic heterocycles. The number of rotatable bonds is 6. The molecule has 0 radical (unpaired) electrons. The molecule has 7 nitrogen and oxygen atoms in total. The molecular weight excluding hydrogens is 435 g/mol. The molecule has 1 aliphatic heterocycles. The molecule has 0 fully saturated rings. The standard InChI is InChI=1S/C23H21FN2O5S/c1-15(16-5-7-18(24)8-6-16)25-23(27)17-3-2-4-19(13-17)26-32(28,29)20-9-10-21-22(14-20)31-12-11-30-21/h2-10,13-15,26H,11-12H2,1H3,(H,25,27). The Hall–Kier alpha value is -3.59. The lowest BCUT2D eigenvalue weighted by atomic mass is 10.1. The SMILES string of the molecule is CC(NC(=O)c1cccc(NS(=O)(=O)c2ccc3c(c2)OCCO3)c1)c1ccc(F)cc1. The molecule has 1 unspecified atom stereocenters. The summed E-state index contributed by atoms with van der Waals surface area (Å²) in [5.41, 5.74) is 1.26. The first-order valence-corrected chi connectivity index (χ1v) is 11.4. The highest BCUT2D eigenvalue weighted by Gasteiger charge is 2.20. The van der Waals surface area contributed by atoms with E-state index in [0.29, 0.717) is 24.7 Å². The summed E-state index contributed by atoms with van der Waals surface area (Å²) in [4.78, 5) is 12.7. The van der Waals surface area contributed by atoms with Crippen LogP contribution in [0.5, 0.6) is 11.5 Å². The van der Waals surface area contributed by atoms with Gasteiger partial charge in [-0.2, -0.15) is 0 Å². The van der Waals surface area contributed by atoms with Gasteiger partial charge >= 0.3 is 0 Å². The summed E-state index contributed by atoms with van der Waals surface area (Å²) in [6.45, 7) is 2.53.